The molecule has 0 saturated heterocycles. The van der Waals surface area contributed by atoms with E-state index in [0.717, 1.165) is 25.5 Å². The number of aliphatic hydroxyl groups excluding tert-OH is 1. The predicted octanol–water partition coefficient (Wildman–Crippen LogP) is 2.17. The normalized spacial score (nSPS) is 23.8. The first-order chi connectivity index (χ1) is 8.06. The van der Waals surface area contributed by atoms with Gasteiger partial charge in [0.2, 0.25) is 0 Å². The fourth-order valence-electron chi connectivity index (χ4n) is 2.32. The summed E-state index contributed by atoms with van der Waals surface area (Å²) in [6.07, 6.45) is 1.46. The largest absolute Gasteiger partial charge is 0.393 e. The summed E-state index contributed by atoms with van der Waals surface area (Å²) >= 11 is 0. The maximum Gasteiger partial charge on any atom is 0.163 e. The summed E-state index contributed by atoms with van der Waals surface area (Å²) in [6.45, 7) is 1.21. The van der Waals surface area contributed by atoms with Gasteiger partial charge in [0, 0.05) is 18.7 Å². The van der Waals surface area contributed by atoms with Crippen molar-refractivity contribution in [3.05, 3.63) is 35.4 Å². The van der Waals surface area contributed by atoms with Gasteiger partial charge in [-0.05, 0) is 31.9 Å². The van der Waals surface area contributed by atoms with Gasteiger partial charge >= 0.3 is 0 Å². The van der Waals surface area contributed by atoms with Crippen molar-refractivity contribution in [3.63, 3.8) is 0 Å². The molecule has 0 radical (unpaired) electrons. The van der Waals surface area contributed by atoms with Gasteiger partial charge in [-0.2, -0.15) is 0 Å². The molecule has 0 bridgehead atoms. The molecule has 4 heteroatoms. The second kappa shape index (κ2) is 5.10. The molecule has 2 nitrogen and oxygen atoms in total. The molecule has 17 heavy (non-hydrogen) atoms. The maximum atomic E-state index is 13.4. The van der Waals surface area contributed by atoms with Crippen LogP contribution in [0.3, 0.4) is 0 Å². The van der Waals surface area contributed by atoms with Crippen LogP contribution in [0.25, 0.3) is 0 Å². The van der Waals surface area contributed by atoms with Crippen molar-refractivity contribution < 1.29 is 13.9 Å². The van der Waals surface area contributed by atoms with Crippen LogP contribution in [0.1, 0.15) is 18.4 Å². The van der Waals surface area contributed by atoms with Gasteiger partial charge < -0.3 is 10.0 Å². The van der Waals surface area contributed by atoms with E-state index in [2.05, 4.69) is 0 Å². The summed E-state index contributed by atoms with van der Waals surface area (Å²) < 4.78 is 26.4. The zero-order valence-corrected chi connectivity index (χ0v) is 9.87. The first-order valence-electron chi connectivity index (χ1n) is 5.85. The standard InChI is InChI=1S/C13H17F2NO/c1-16(7-9-5-11(17)6-9)8-10-3-2-4-12(14)13(10)15/h2-4,9,11,17H,5-8H2,1H3. The first-order valence-corrected chi connectivity index (χ1v) is 5.85. The van der Waals surface area contributed by atoms with Gasteiger partial charge in [-0.25, -0.2) is 8.78 Å². The summed E-state index contributed by atoms with van der Waals surface area (Å²) in [5, 5.41) is 9.17. The third-order valence-electron chi connectivity index (χ3n) is 3.25. The van der Waals surface area contributed by atoms with Crippen molar-refractivity contribution in [1.82, 2.24) is 4.90 Å². The van der Waals surface area contributed by atoms with Crippen LogP contribution in [0.15, 0.2) is 18.2 Å². The lowest BCUT2D eigenvalue weighted by atomic mass is 9.82. The Morgan fingerprint density at radius 3 is 2.71 bits per heavy atom. The molecular formula is C13H17F2NO. The number of hydrogen-bond donors (Lipinski definition) is 1. The van der Waals surface area contributed by atoms with E-state index < -0.39 is 11.6 Å². The van der Waals surface area contributed by atoms with Crippen molar-refractivity contribution in [2.75, 3.05) is 13.6 Å². The summed E-state index contributed by atoms with van der Waals surface area (Å²) in [4.78, 5) is 1.97. The fourth-order valence-corrected chi connectivity index (χ4v) is 2.32. The minimum absolute atomic E-state index is 0.167. The van der Waals surface area contributed by atoms with Crippen LogP contribution in [-0.2, 0) is 6.54 Å². The molecule has 2 rings (SSSR count). The van der Waals surface area contributed by atoms with Gasteiger partial charge in [-0.1, -0.05) is 12.1 Å². The first kappa shape index (κ1) is 12.5. The number of rotatable bonds is 4. The molecule has 1 aromatic rings. The Morgan fingerprint density at radius 1 is 1.35 bits per heavy atom. The van der Waals surface area contributed by atoms with Crippen molar-refractivity contribution in [3.8, 4) is 0 Å². The maximum absolute atomic E-state index is 13.4. The average Bonchev–Trinajstić information content (AvgIpc) is 2.23. The zero-order valence-electron chi connectivity index (χ0n) is 9.87. The van der Waals surface area contributed by atoms with E-state index in [1.54, 1.807) is 6.07 Å². The highest BCUT2D eigenvalue weighted by Gasteiger charge is 2.28. The van der Waals surface area contributed by atoms with E-state index in [0.29, 0.717) is 18.0 Å². The van der Waals surface area contributed by atoms with Gasteiger partial charge in [-0.3, -0.25) is 0 Å². The van der Waals surface area contributed by atoms with Crippen molar-refractivity contribution in [2.24, 2.45) is 5.92 Å². The smallest absolute Gasteiger partial charge is 0.163 e. The number of benzene rings is 1. The molecule has 0 aromatic heterocycles. The number of aliphatic hydroxyl groups is 1. The van der Waals surface area contributed by atoms with Gasteiger partial charge in [0.1, 0.15) is 0 Å². The summed E-state index contributed by atoms with van der Waals surface area (Å²) in [5.74, 6) is -1.07. The van der Waals surface area contributed by atoms with Crippen LogP contribution < -0.4 is 0 Å². The Bertz CT molecular complexity index is 391. The van der Waals surface area contributed by atoms with Crippen LogP contribution in [0, 0.1) is 17.6 Å². The molecule has 0 amide bonds. The molecule has 0 heterocycles. The monoisotopic (exact) mass is 241 g/mol. The zero-order chi connectivity index (χ0) is 12.4. The molecule has 1 aliphatic rings. The number of hydrogen-bond acceptors (Lipinski definition) is 2. The van der Waals surface area contributed by atoms with Crippen LogP contribution in [-0.4, -0.2) is 29.7 Å². The minimum Gasteiger partial charge on any atom is -0.393 e. The van der Waals surface area contributed by atoms with Crippen LogP contribution in [0.2, 0.25) is 0 Å². The van der Waals surface area contributed by atoms with E-state index >= 15 is 0 Å². The Hall–Kier alpha value is -1.00. The van der Waals surface area contributed by atoms with E-state index in [-0.39, 0.29) is 6.10 Å². The second-order valence-electron chi connectivity index (χ2n) is 4.90. The summed E-state index contributed by atoms with van der Waals surface area (Å²) in [7, 11) is 1.88. The van der Waals surface area contributed by atoms with Crippen molar-refractivity contribution in [2.45, 2.75) is 25.5 Å². The van der Waals surface area contributed by atoms with Crippen LogP contribution in [0.4, 0.5) is 8.78 Å². The van der Waals surface area contributed by atoms with Gasteiger partial charge in [0.25, 0.3) is 0 Å². The topological polar surface area (TPSA) is 23.5 Å². The third kappa shape index (κ3) is 3.01. The summed E-state index contributed by atoms with van der Waals surface area (Å²) in [6, 6.07) is 4.25. The Balaban J connectivity index is 1.89. The molecular weight excluding hydrogens is 224 g/mol. The van der Waals surface area contributed by atoms with Gasteiger partial charge in [-0.15, -0.1) is 0 Å². The second-order valence-corrected chi connectivity index (χ2v) is 4.90. The van der Waals surface area contributed by atoms with E-state index in [1.165, 1.54) is 6.07 Å². The molecule has 0 aliphatic heterocycles. The Labute approximate surface area is 99.9 Å². The van der Waals surface area contributed by atoms with Crippen LogP contribution >= 0.6 is 0 Å². The quantitative estimate of drug-likeness (QED) is 0.873. The molecule has 1 aromatic carbocycles. The van der Waals surface area contributed by atoms with Crippen molar-refractivity contribution >= 4 is 0 Å². The van der Waals surface area contributed by atoms with Gasteiger partial charge in [0.05, 0.1) is 6.10 Å². The lowest BCUT2D eigenvalue weighted by molar-refractivity contribution is 0.0272. The van der Waals surface area contributed by atoms with E-state index in [1.807, 2.05) is 11.9 Å². The fraction of sp³-hybridized carbons (Fsp3) is 0.538. The highest BCUT2D eigenvalue weighted by Crippen LogP contribution is 2.28. The predicted molar refractivity (Wildman–Crippen MR) is 61.4 cm³/mol. The molecule has 1 N–H and O–H groups in total. The molecule has 1 aliphatic carbocycles. The number of halogens is 2. The highest BCUT2D eigenvalue weighted by molar-refractivity contribution is 5.18. The lowest BCUT2D eigenvalue weighted by Gasteiger charge is -2.34. The molecule has 0 spiro atoms. The highest BCUT2D eigenvalue weighted by atomic mass is 19.2. The van der Waals surface area contributed by atoms with E-state index in [4.69, 9.17) is 0 Å². The van der Waals surface area contributed by atoms with Crippen LogP contribution in [0.5, 0.6) is 0 Å². The van der Waals surface area contributed by atoms with E-state index in [9.17, 15) is 13.9 Å². The summed E-state index contributed by atoms with van der Waals surface area (Å²) in [5.41, 5.74) is 0.382. The lowest BCUT2D eigenvalue weighted by Crippen LogP contribution is -2.36. The molecule has 1 fully saturated rings. The van der Waals surface area contributed by atoms with Gasteiger partial charge in [0.15, 0.2) is 11.6 Å². The van der Waals surface area contributed by atoms with Crippen molar-refractivity contribution in [1.29, 1.82) is 0 Å². The molecule has 94 valence electrons. The molecule has 0 atom stereocenters. The Morgan fingerprint density at radius 2 is 2.06 bits per heavy atom. The number of nitrogens with zero attached hydrogens (tertiary/aromatic N) is 1. The molecule has 0 unspecified atom stereocenters. The SMILES string of the molecule is CN(Cc1cccc(F)c1F)CC1CC(O)C1. The minimum atomic E-state index is -0.796. The average molecular weight is 241 g/mol. The Kier molecular flexibility index (Phi) is 3.74. The molecule has 1 saturated carbocycles. The third-order valence-corrected chi connectivity index (χ3v) is 3.25.